The lowest BCUT2D eigenvalue weighted by molar-refractivity contribution is -0.134. The highest BCUT2D eigenvalue weighted by atomic mass is 79.9. The first kappa shape index (κ1) is 11.4. The van der Waals surface area contributed by atoms with Gasteiger partial charge in [-0.05, 0) is 34.5 Å². The molecule has 2 aromatic heterocycles. The summed E-state index contributed by atoms with van der Waals surface area (Å²) in [7, 11) is 0. The Morgan fingerprint density at radius 3 is 3.00 bits per heavy atom. The van der Waals surface area contributed by atoms with Crippen molar-refractivity contribution in [1.82, 2.24) is 14.9 Å². The number of halogens is 1. The summed E-state index contributed by atoms with van der Waals surface area (Å²) in [5.74, 6) is -0.732. The van der Waals surface area contributed by atoms with Crippen LogP contribution in [0.15, 0.2) is 29.0 Å². The molecule has 1 fully saturated rings. The van der Waals surface area contributed by atoms with E-state index in [9.17, 15) is 9.59 Å². The molecule has 0 saturated carbocycles. The Morgan fingerprint density at radius 1 is 1.39 bits per heavy atom. The van der Waals surface area contributed by atoms with E-state index in [4.69, 9.17) is 0 Å². The molecule has 1 atom stereocenters. The van der Waals surface area contributed by atoms with Crippen LogP contribution in [0.2, 0.25) is 0 Å². The van der Waals surface area contributed by atoms with E-state index in [0.29, 0.717) is 12.8 Å². The van der Waals surface area contributed by atoms with Crippen LogP contribution in [0, 0.1) is 0 Å². The maximum Gasteiger partial charge on any atom is 0.234 e. The van der Waals surface area contributed by atoms with Gasteiger partial charge in [-0.15, -0.1) is 0 Å². The first-order chi connectivity index (χ1) is 8.66. The van der Waals surface area contributed by atoms with Gasteiger partial charge in [0, 0.05) is 12.0 Å². The Balaban J connectivity index is 2.07. The van der Waals surface area contributed by atoms with Gasteiger partial charge in [0.15, 0.2) is 0 Å². The van der Waals surface area contributed by atoms with E-state index in [1.807, 2.05) is 18.2 Å². The minimum absolute atomic E-state index is 0.200. The van der Waals surface area contributed by atoms with E-state index in [2.05, 4.69) is 26.3 Å². The van der Waals surface area contributed by atoms with Crippen molar-refractivity contribution in [2.24, 2.45) is 0 Å². The predicted molar refractivity (Wildman–Crippen MR) is 68.0 cm³/mol. The van der Waals surface area contributed by atoms with Gasteiger partial charge in [0.1, 0.15) is 4.60 Å². The zero-order chi connectivity index (χ0) is 12.7. The number of amides is 2. The summed E-state index contributed by atoms with van der Waals surface area (Å²) in [5, 5.41) is 6.62. The number of aromatic nitrogens is 2. The third-order valence-corrected chi connectivity index (χ3v) is 3.74. The molecule has 1 saturated heterocycles. The van der Waals surface area contributed by atoms with E-state index in [0.717, 1.165) is 15.7 Å². The number of carbonyl (C=O) groups is 2. The van der Waals surface area contributed by atoms with Crippen LogP contribution in [0.1, 0.15) is 24.3 Å². The number of piperidine rings is 1. The fourth-order valence-corrected chi connectivity index (χ4v) is 2.69. The number of hydrogen-bond acceptors (Lipinski definition) is 3. The van der Waals surface area contributed by atoms with Gasteiger partial charge in [-0.3, -0.25) is 14.9 Å². The Labute approximate surface area is 111 Å². The van der Waals surface area contributed by atoms with Crippen LogP contribution >= 0.6 is 15.9 Å². The summed E-state index contributed by atoms with van der Waals surface area (Å²) in [4.78, 5) is 23.0. The second-order valence-electron chi connectivity index (χ2n) is 4.25. The zero-order valence-corrected chi connectivity index (χ0v) is 11.0. The average molecular weight is 308 g/mol. The number of carbonyl (C=O) groups excluding carboxylic acids is 2. The third kappa shape index (κ3) is 1.73. The molecular formula is C12H10BrN3O2. The van der Waals surface area contributed by atoms with Crippen molar-refractivity contribution in [2.45, 2.75) is 18.8 Å². The molecule has 6 heteroatoms. The molecule has 3 rings (SSSR count). The normalized spacial score (nSPS) is 20.2. The Kier molecular flexibility index (Phi) is 2.66. The van der Waals surface area contributed by atoms with Crippen molar-refractivity contribution < 1.29 is 9.59 Å². The zero-order valence-electron chi connectivity index (χ0n) is 9.39. The van der Waals surface area contributed by atoms with E-state index in [-0.39, 0.29) is 17.7 Å². The molecule has 0 bridgehead atoms. The molecule has 0 aromatic carbocycles. The lowest BCUT2D eigenvalue weighted by Gasteiger charge is -2.19. The average Bonchev–Trinajstić information content (AvgIpc) is 2.74. The molecule has 5 nitrogen and oxygen atoms in total. The molecule has 92 valence electrons. The highest BCUT2D eigenvalue weighted by molar-refractivity contribution is 9.10. The van der Waals surface area contributed by atoms with Crippen molar-refractivity contribution in [2.75, 3.05) is 0 Å². The monoisotopic (exact) mass is 307 g/mol. The van der Waals surface area contributed by atoms with Crippen molar-refractivity contribution in [3.63, 3.8) is 0 Å². The van der Waals surface area contributed by atoms with Crippen LogP contribution < -0.4 is 5.32 Å². The second-order valence-corrected chi connectivity index (χ2v) is 5.06. The molecule has 3 heterocycles. The predicted octanol–water partition coefficient (Wildman–Crippen LogP) is 1.62. The number of nitrogens with zero attached hydrogens (tertiary/aromatic N) is 2. The third-order valence-electron chi connectivity index (χ3n) is 3.14. The van der Waals surface area contributed by atoms with Crippen molar-refractivity contribution in [3.05, 3.63) is 34.6 Å². The van der Waals surface area contributed by atoms with E-state index in [1.165, 1.54) is 0 Å². The smallest absolute Gasteiger partial charge is 0.234 e. The summed E-state index contributed by atoms with van der Waals surface area (Å²) in [5.41, 5.74) is 1.75. The fraction of sp³-hybridized carbons (Fsp3) is 0.250. The van der Waals surface area contributed by atoms with Gasteiger partial charge in [0.2, 0.25) is 11.8 Å². The van der Waals surface area contributed by atoms with Gasteiger partial charge in [-0.2, -0.15) is 5.10 Å². The summed E-state index contributed by atoms with van der Waals surface area (Å²) >= 11 is 3.40. The van der Waals surface area contributed by atoms with E-state index < -0.39 is 0 Å². The maximum atomic E-state index is 11.9. The minimum atomic E-state index is -0.297. The highest BCUT2D eigenvalue weighted by Crippen LogP contribution is 2.29. The van der Waals surface area contributed by atoms with E-state index in [1.54, 1.807) is 10.7 Å². The molecule has 0 spiro atoms. The first-order valence-electron chi connectivity index (χ1n) is 5.62. The van der Waals surface area contributed by atoms with E-state index >= 15 is 0 Å². The quantitative estimate of drug-likeness (QED) is 0.643. The number of pyridine rings is 1. The summed E-state index contributed by atoms with van der Waals surface area (Å²) in [6.07, 6.45) is 2.61. The second kappa shape index (κ2) is 4.20. The van der Waals surface area contributed by atoms with Crippen LogP contribution in [-0.4, -0.2) is 21.4 Å². The number of imide groups is 1. The van der Waals surface area contributed by atoms with Crippen LogP contribution in [0.25, 0.3) is 5.52 Å². The number of rotatable bonds is 1. The molecular weight excluding hydrogens is 298 g/mol. The largest absolute Gasteiger partial charge is 0.296 e. The SMILES string of the molecule is O=C1CCC(c2cnn3c(Br)cccc23)C(=O)N1. The summed E-state index contributed by atoms with van der Waals surface area (Å²) in [6, 6.07) is 5.70. The van der Waals surface area contributed by atoms with Gasteiger partial charge in [0.05, 0.1) is 17.6 Å². The van der Waals surface area contributed by atoms with Crippen LogP contribution in [0.5, 0.6) is 0 Å². The molecule has 1 N–H and O–H groups in total. The molecule has 1 unspecified atom stereocenters. The van der Waals surface area contributed by atoms with Crippen LogP contribution in [-0.2, 0) is 9.59 Å². The van der Waals surface area contributed by atoms with Crippen molar-refractivity contribution in [1.29, 1.82) is 0 Å². The first-order valence-corrected chi connectivity index (χ1v) is 6.42. The van der Waals surface area contributed by atoms with Gasteiger partial charge in [-0.1, -0.05) is 6.07 Å². The molecule has 0 radical (unpaired) electrons. The molecule has 2 aromatic rings. The van der Waals surface area contributed by atoms with Gasteiger partial charge >= 0.3 is 0 Å². The highest BCUT2D eigenvalue weighted by Gasteiger charge is 2.30. The molecule has 18 heavy (non-hydrogen) atoms. The van der Waals surface area contributed by atoms with Gasteiger partial charge in [-0.25, -0.2) is 4.52 Å². The molecule has 2 amide bonds. The Bertz CT molecular complexity index is 650. The van der Waals surface area contributed by atoms with Gasteiger partial charge < -0.3 is 0 Å². The standard InChI is InChI=1S/C12H10BrN3O2/c13-10-3-1-2-9-8(6-14-16(9)10)7-4-5-11(17)15-12(7)18/h1-3,6-7H,4-5H2,(H,15,17,18). The summed E-state index contributed by atoms with van der Waals surface area (Å²) < 4.78 is 2.57. The van der Waals surface area contributed by atoms with Crippen LogP contribution in [0.3, 0.4) is 0 Å². The summed E-state index contributed by atoms with van der Waals surface area (Å²) in [6.45, 7) is 0. The van der Waals surface area contributed by atoms with Crippen molar-refractivity contribution >= 4 is 33.3 Å². The van der Waals surface area contributed by atoms with Gasteiger partial charge in [0.25, 0.3) is 0 Å². The number of nitrogens with one attached hydrogen (secondary N) is 1. The van der Waals surface area contributed by atoms with Crippen molar-refractivity contribution in [3.8, 4) is 0 Å². The molecule has 1 aliphatic heterocycles. The topological polar surface area (TPSA) is 63.5 Å². The molecule has 1 aliphatic rings. The number of fused-ring (bicyclic) bond motifs is 1. The van der Waals surface area contributed by atoms with Crippen LogP contribution in [0.4, 0.5) is 0 Å². The maximum absolute atomic E-state index is 11.9. The lowest BCUT2D eigenvalue weighted by atomic mass is 9.91. The Hall–Kier alpha value is -1.69. The Morgan fingerprint density at radius 2 is 2.22 bits per heavy atom. The number of hydrogen-bond donors (Lipinski definition) is 1. The fourth-order valence-electron chi connectivity index (χ4n) is 2.26. The molecule has 0 aliphatic carbocycles. The minimum Gasteiger partial charge on any atom is -0.296 e. The lowest BCUT2D eigenvalue weighted by Crippen LogP contribution is -2.39.